The monoisotopic (exact) mass is 318 g/mol. The quantitative estimate of drug-likeness (QED) is 0.773. The van der Waals surface area contributed by atoms with E-state index in [2.05, 4.69) is 19.2 Å². The molecule has 0 aromatic heterocycles. The summed E-state index contributed by atoms with van der Waals surface area (Å²) in [6.45, 7) is 7.03. The van der Waals surface area contributed by atoms with Crippen LogP contribution in [0.5, 0.6) is 0 Å². The molecule has 5 heteroatoms. The Hall–Kier alpha value is -1.88. The van der Waals surface area contributed by atoms with Gasteiger partial charge in [-0.25, -0.2) is 0 Å². The Morgan fingerprint density at radius 2 is 2.00 bits per heavy atom. The molecule has 2 rings (SSSR count). The molecule has 1 unspecified atom stereocenters. The van der Waals surface area contributed by atoms with E-state index in [1.165, 1.54) is 0 Å². The van der Waals surface area contributed by atoms with Gasteiger partial charge in [-0.1, -0.05) is 26.0 Å². The van der Waals surface area contributed by atoms with Crippen LogP contribution in [0.3, 0.4) is 0 Å². The number of nitrogens with one attached hydrogen (secondary N) is 1. The third-order valence-corrected chi connectivity index (χ3v) is 4.10. The van der Waals surface area contributed by atoms with Crippen LogP contribution in [-0.2, 0) is 11.3 Å². The maximum atomic E-state index is 12.2. The molecule has 126 valence electrons. The summed E-state index contributed by atoms with van der Waals surface area (Å²) in [6.07, 6.45) is 2.10. The van der Waals surface area contributed by atoms with E-state index in [1.54, 1.807) is 13.0 Å². The molecule has 1 saturated carbocycles. The fourth-order valence-corrected chi connectivity index (χ4v) is 2.55. The highest BCUT2D eigenvalue weighted by Crippen LogP contribution is 2.30. The number of benzene rings is 1. The van der Waals surface area contributed by atoms with E-state index in [1.807, 2.05) is 23.1 Å². The molecule has 0 heterocycles. The lowest BCUT2D eigenvalue weighted by atomic mass is 10.1. The topological polar surface area (TPSA) is 69.6 Å². The van der Waals surface area contributed by atoms with Crippen molar-refractivity contribution in [2.75, 3.05) is 6.54 Å². The first-order valence-electron chi connectivity index (χ1n) is 8.24. The van der Waals surface area contributed by atoms with Gasteiger partial charge in [0.15, 0.2) is 0 Å². The molecule has 0 aliphatic heterocycles. The van der Waals surface area contributed by atoms with Gasteiger partial charge in [0.2, 0.25) is 0 Å². The van der Waals surface area contributed by atoms with Crippen molar-refractivity contribution in [3.63, 3.8) is 0 Å². The molecule has 1 atom stereocenters. The molecule has 1 amide bonds. The summed E-state index contributed by atoms with van der Waals surface area (Å²) in [6, 6.07) is 7.29. The van der Waals surface area contributed by atoms with Crippen LogP contribution in [0.2, 0.25) is 0 Å². The molecule has 1 aliphatic carbocycles. The normalized spacial score (nSPS) is 15.7. The maximum absolute atomic E-state index is 12.2. The van der Waals surface area contributed by atoms with Crippen molar-refractivity contribution in [1.29, 1.82) is 0 Å². The van der Waals surface area contributed by atoms with Crippen molar-refractivity contribution >= 4 is 11.9 Å². The third-order valence-electron chi connectivity index (χ3n) is 4.10. The first-order chi connectivity index (χ1) is 10.9. The zero-order valence-corrected chi connectivity index (χ0v) is 14.1. The standard InChI is InChI=1S/C18H26N2O3/c1-12(2)10-19-17(21)15-6-4-5-14(9-15)11-20(16-7-8-16)13(3)18(22)23/h4-6,9,12-13,16H,7-8,10-11H2,1-3H3,(H,19,21)(H,22,23). The molecular formula is C18H26N2O3. The van der Waals surface area contributed by atoms with Gasteiger partial charge < -0.3 is 10.4 Å². The minimum atomic E-state index is -0.803. The fraction of sp³-hybridized carbons (Fsp3) is 0.556. The zero-order chi connectivity index (χ0) is 17.0. The predicted molar refractivity (Wildman–Crippen MR) is 89.3 cm³/mol. The average Bonchev–Trinajstić information content (AvgIpc) is 3.34. The summed E-state index contributed by atoms with van der Waals surface area (Å²) in [4.78, 5) is 25.4. The van der Waals surface area contributed by atoms with E-state index in [4.69, 9.17) is 0 Å². The van der Waals surface area contributed by atoms with Crippen LogP contribution in [-0.4, -0.2) is 40.5 Å². The molecule has 23 heavy (non-hydrogen) atoms. The average molecular weight is 318 g/mol. The number of rotatable bonds is 8. The lowest BCUT2D eigenvalue weighted by molar-refractivity contribution is -0.143. The molecule has 0 spiro atoms. The summed E-state index contributed by atoms with van der Waals surface area (Å²) in [5.41, 5.74) is 1.60. The van der Waals surface area contributed by atoms with E-state index < -0.39 is 12.0 Å². The number of hydrogen-bond acceptors (Lipinski definition) is 3. The van der Waals surface area contributed by atoms with Crippen LogP contribution in [0.4, 0.5) is 0 Å². The lowest BCUT2D eigenvalue weighted by Gasteiger charge is -2.26. The minimum absolute atomic E-state index is 0.0789. The van der Waals surface area contributed by atoms with E-state index in [9.17, 15) is 14.7 Å². The first-order valence-corrected chi connectivity index (χ1v) is 8.24. The number of amides is 1. The Balaban J connectivity index is 2.06. The van der Waals surface area contributed by atoms with E-state index in [-0.39, 0.29) is 5.91 Å². The minimum Gasteiger partial charge on any atom is -0.480 e. The summed E-state index contributed by atoms with van der Waals surface area (Å²) < 4.78 is 0. The van der Waals surface area contributed by atoms with Gasteiger partial charge >= 0.3 is 5.97 Å². The molecule has 0 bridgehead atoms. The summed E-state index contributed by atoms with van der Waals surface area (Å²) >= 11 is 0. The van der Waals surface area contributed by atoms with Gasteiger partial charge in [-0.05, 0) is 43.4 Å². The molecule has 0 saturated heterocycles. The fourth-order valence-electron chi connectivity index (χ4n) is 2.55. The lowest BCUT2D eigenvalue weighted by Crippen LogP contribution is -2.40. The Morgan fingerprint density at radius 1 is 1.30 bits per heavy atom. The summed E-state index contributed by atoms with van der Waals surface area (Å²) in [5.74, 6) is -0.476. The van der Waals surface area contributed by atoms with Crippen LogP contribution in [0, 0.1) is 5.92 Å². The molecule has 2 N–H and O–H groups in total. The number of carboxylic acid groups (broad SMARTS) is 1. The molecule has 0 radical (unpaired) electrons. The van der Waals surface area contributed by atoms with Crippen LogP contribution in [0.1, 0.15) is 49.5 Å². The molecule has 1 aliphatic rings. The SMILES string of the molecule is CC(C)CNC(=O)c1cccc(CN(C2CC2)C(C)C(=O)O)c1. The number of carbonyl (C=O) groups excluding carboxylic acids is 1. The second-order valence-corrected chi connectivity index (χ2v) is 6.72. The van der Waals surface area contributed by atoms with Crippen molar-refractivity contribution in [3.05, 3.63) is 35.4 Å². The van der Waals surface area contributed by atoms with Crippen molar-refractivity contribution in [1.82, 2.24) is 10.2 Å². The number of hydrogen-bond donors (Lipinski definition) is 2. The second kappa shape index (κ2) is 7.59. The Labute approximate surface area is 137 Å². The second-order valence-electron chi connectivity index (χ2n) is 6.72. The van der Waals surface area contributed by atoms with Crippen LogP contribution in [0.15, 0.2) is 24.3 Å². The highest BCUT2D eigenvalue weighted by molar-refractivity contribution is 5.94. The summed E-state index contributed by atoms with van der Waals surface area (Å²) in [5, 5.41) is 12.2. The summed E-state index contributed by atoms with van der Waals surface area (Å²) in [7, 11) is 0. The van der Waals surface area contributed by atoms with Gasteiger partial charge in [-0.3, -0.25) is 14.5 Å². The molecular weight excluding hydrogens is 292 g/mol. The van der Waals surface area contributed by atoms with Gasteiger partial charge in [-0.2, -0.15) is 0 Å². The van der Waals surface area contributed by atoms with E-state index in [0.29, 0.717) is 30.6 Å². The van der Waals surface area contributed by atoms with Crippen LogP contribution >= 0.6 is 0 Å². The van der Waals surface area contributed by atoms with Crippen molar-refractivity contribution in [2.24, 2.45) is 5.92 Å². The van der Waals surface area contributed by atoms with Crippen molar-refractivity contribution in [2.45, 2.75) is 52.2 Å². The number of carbonyl (C=O) groups is 2. The Bertz CT molecular complexity index is 567. The van der Waals surface area contributed by atoms with Gasteiger partial charge in [0.05, 0.1) is 0 Å². The first kappa shape index (κ1) is 17.5. The predicted octanol–water partition coefficient (Wildman–Crippen LogP) is 2.51. The maximum Gasteiger partial charge on any atom is 0.320 e. The Kier molecular flexibility index (Phi) is 5.77. The third kappa shape index (κ3) is 5.06. The van der Waals surface area contributed by atoms with E-state index in [0.717, 1.165) is 18.4 Å². The largest absolute Gasteiger partial charge is 0.480 e. The van der Waals surface area contributed by atoms with Gasteiger partial charge in [0.1, 0.15) is 6.04 Å². The Morgan fingerprint density at radius 3 is 2.57 bits per heavy atom. The zero-order valence-electron chi connectivity index (χ0n) is 14.1. The molecule has 1 aromatic carbocycles. The van der Waals surface area contributed by atoms with Crippen LogP contribution < -0.4 is 5.32 Å². The van der Waals surface area contributed by atoms with Crippen molar-refractivity contribution < 1.29 is 14.7 Å². The number of carboxylic acids is 1. The molecule has 1 aromatic rings. The number of aliphatic carboxylic acids is 1. The van der Waals surface area contributed by atoms with Crippen LogP contribution in [0.25, 0.3) is 0 Å². The molecule has 1 fully saturated rings. The molecule has 5 nitrogen and oxygen atoms in total. The highest BCUT2D eigenvalue weighted by atomic mass is 16.4. The van der Waals surface area contributed by atoms with Gasteiger partial charge in [-0.15, -0.1) is 0 Å². The number of nitrogens with zero attached hydrogens (tertiary/aromatic N) is 1. The van der Waals surface area contributed by atoms with Crippen molar-refractivity contribution in [3.8, 4) is 0 Å². The van der Waals surface area contributed by atoms with Gasteiger partial charge in [0, 0.05) is 24.7 Å². The smallest absolute Gasteiger partial charge is 0.320 e. The van der Waals surface area contributed by atoms with Gasteiger partial charge in [0.25, 0.3) is 5.91 Å². The van der Waals surface area contributed by atoms with E-state index >= 15 is 0 Å². The highest BCUT2D eigenvalue weighted by Gasteiger charge is 2.34.